The summed E-state index contributed by atoms with van der Waals surface area (Å²) in [4.78, 5) is 27.4. The van der Waals surface area contributed by atoms with Crippen LogP contribution in [0.25, 0.3) is 0 Å². The van der Waals surface area contributed by atoms with Crippen molar-refractivity contribution in [1.29, 1.82) is 0 Å². The van der Waals surface area contributed by atoms with Crippen molar-refractivity contribution in [2.45, 2.75) is 45.8 Å². The number of aromatic nitrogens is 1. The van der Waals surface area contributed by atoms with E-state index >= 15 is 0 Å². The van der Waals surface area contributed by atoms with Gasteiger partial charge >= 0.3 is 6.09 Å². The van der Waals surface area contributed by atoms with E-state index in [1.165, 1.54) is 11.3 Å². The second kappa shape index (κ2) is 8.07. The number of thiazole rings is 1. The average Bonchev–Trinajstić information content (AvgIpc) is 2.89. The van der Waals surface area contributed by atoms with E-state index in [-0.39, 0.29) is 6.54 Å². The second-order valence-electron chi connectivity index (χ2n) is 5.66. The number of nitrogens with one attached hydrogen (secondary N) is 2. The van der Waals surface area contributed by atoms with Gasteiger partial charge in [0.1, 0.15) is 29.9 Å². The standard InChI is InChI=1S/C14H22FN3O3S/c1-5-9-8-22-12(17-9)10(6-15)18-11(19)7-16-13(20)21-14(2,3)4/h8,10H,5-7H2,1-4H3,(H,16,20)(H,18,19)/t10-/m0/s1. The van der Waals surface area contributed by atoms with Crippen LogP contribution in [0.2, 0.25) is 0 Å². The minimum atomic E-state index is -0.793. The highest BCUT2D eigenvalue weighted by Gasteiger charge is 2.20. The zero-order valence-corrected chi connectivity index (χ0v) is 14.1. The molecule has 0 aromatic carbocycles. The largest absolute Gasteiger partial charge is 0.444 e. The molecule has 1 rings (SSSR count). The van der Waals surface area contributed by atoms with Gasteiger partial charge in [0.2, 0.25) is 5.91 Å². The van der Waals surface area contributed by atoms with Gasteiger partial charge in [0.05, 0.1) is 5.69 Å². The van der Waals surface area contributed by atoms with Crippen molar-refractivity contribution < 1.29 is 18.7 Å². The molecule has 1 aromatic rings. The van der Waals surface area contributed by atoms with Gasteiger partial charge in [0, 0.05) is 5.38 Å². The Labute approximate surface area is 133 Å². The van der Waals surface area contributed by atoms with Crippen molar-refractivity contribution in [1.82, 2.24) is 15.6 Å². The van der Waals surface area contributed by atoms with Crippen LogP contribution in [0.15, 0.2) is 5.38 Å². The fraction of sp³-hybridized carbons (Fsp3) is 0.643. The molecule has 0 aliphatic rings. The van der Waals surface area contributed by atoms with Gasteiger partial charge in [-0.25, -0.2) is 14.2 Å². The predicted octanol–water partition coefficient (Wildman–Crippen LogP) is 2.36. The molecule has 0 aliphatic heterocycles. The van der Waals surface area contributed by atoms with E-state index in [2.05, 4.69) is 15.6 Å². The minimum absolute atomic E-state index is 0.280. The number of carbonyl (C=O) groups excluding carboxylic acids is 2. The van der Waals surface area contributed by atoms with Gasteiger partial charge in [-0.15, -0.1) is 11.3 Å². The number of ether oxygens (including phenoxy) is 1. The molecule has 124 valence electrons. The lowest BCUT2D eigenvalue weighted by Gasteiger charge is -2.20. The fourth-order valence-electron chi connectivity index (χ4n) is 1.52. The molecule has 0 spiro atoms. The zero-order valence-electron chi connectivity index (χ0n) is 13.2. The summed E-state index contributed by atoms with van der Waals surface area (Å²) in [6, 6.07) is -0.793. The van der Waals surface area contributed by atoms with Crippen LogP contribution in [0.4, 0.5) is 9.18 Å². The first-order valence-corrected chi connectivity index (χ1v) is 7.89. The Bertz CT molecular complexity index is 514. The molecule has 6 nitrogen and oxygen atoms in total. The third-order valence-corrected chi connectivity index (χ3v) is 3.52. The summed E-state index contributed by atoms with van der Waals surface area (Å²) < 4.78 is 18.1. The number of alkyl halides is 1. The molecule has 22 heavy (non-hydrogen) atoms. The molecule has 0 unspecified atom stereocenters. The average molecular weight is 331 g/mol. The molecule has 0 saturated carbocycles. The number of halogens is 1. The summed E-state index contributed by atoms with van der Waals surface area (Å²) in [7, 11) is 0. The highest BCUT2D eigenvalue weighted by molar-refractivity contribution is 7.09. The molecule has 2 amide bonds. The van der Waals surface area contributed by atoms with Crippen LogP contribution in [0.5, 0.6) is 0 Å². The van der Waals surface area contributed by atoms with Gasteiger partial charge in [0.25, 0.3) is 0 Å². The van der Waals surface area contributed by atoms with Gasteiger partial charge in [-0.1, -0.05) is 6.92 Å². The maximum atomic E-state index is 13.1. The van der Waals surface area contributed by atoms with E-state index in [4.69, 9.17) is 4.74 Å². The predicted molar refractivity (Wildman–Crippen MR) is 82.6 cm³/mol. The van der Waals surface area contributed by atoms with E-state index in [1.807, 2.05) is 12.3 Å². The molecular formula is C14H22FN3O3S. The Hall–Kier alpha value is -1.70. The van der Waals surface area contributed by atoms with Crippen molar-refractivity contribution in [2.24, 2.45) is 0 Å². The smallest absolute Gasteiger partial charge is 0.408 e. The van der Waals surface area contributed by atoms with Crippen LogP contribution < -0.4 is 10.6 Å². The van der Waals surface area contributed by atoms with E-state index in [0.29, 0.717) is 5.01 Å². The third-order valence-electron chi connectivity index (χ3n) is 2.51. The summed E-state index contributed by atoms with van der Waals surface area (Å²) in [5.74, 6) is -0.498. The summed E-state index contributed by atoms with van der Waals surface area (Å²) in [6.45, 7) is 6.08. The molecule has 1 heterocycles. The molecule has 0 aliphatic carbocycles. The van der Waals surface area contributed by atoms with Crippen LogP contribution in [0.1, 0.15) is 44.4 Å². The molecule has 0 saturated heterocycles. The quantitative estimate of drug-likeness (QED) is 0.838. The van der Waals surface area contributed by atoms with E-state index < -0.39 is 30.3 Å². The maximum absolute atomic E-state index is 13.1. The maximum Gasteiger partial charge on any atom is 0.408 e. The fourth-order valence-corrected chi connectivity index (χ4v) is 2.46. The topological polar surface area (TPSA) is 80.3 Å². The lowest BCUT2D eigenvalue weighted by atomic mass is 10.2. The van der Waals surface area contributed by atoms with Crippen LogP contribution in [0, 0.1) is 0 Å². The number of nitrogens with zero attached hydrogens (tertiary/aromatic N) is 1. The van der Waals surface area contributed by atoms with E-state index in [9.17, 15) is 14.0 Å². The van der Waals surface area contributed by atoms with Crippen molar-refractivity contribution in [3.8, 4) is 0 Å². The van der Waals surface area contributed by atoms with Crippen LogP contribution >= 0.6 is 11.3 Å². The van der Waals surface area contributed by atoms with Gasteiger partial charge in [0.15, 0.2) is 0 Å². The highest BCUT2D eigenvalue weighted by Crippen LogP contribution is 2.19. The number of hydrogen-bond acceptors (Lipinski definition) is 5. The Balaban J connectivity index is 2.47. The molecule has 0 bridgehead atoms. The SMILES string of the molecule is CCc1csc([C@H](CF)NC(=O)CNC(=O)OC(C)(C)C)n1. The van der Waals surface area contributed by atoms with Gasteiger partial charge in [-0.3, -0.25) is 4.79 Å². The summed E-state index contributed by atoms with van der Waals surface area (Å²) >= 11 is 1.30. The molecule has 8 heteroatoms. The third kappa shape index (κ3) is 6.38. The summed E-state index contributed by atoms with van der Waals surface area (Å²) in [6.07, 6.45) is 0.0610. The molecular weight excluding hydrogens is 309 g/mol. The minimum Gasteiger partial charge on any atom is -0.444 e. The lowest BCUT2D eigenvalue weighted by Crippen LogP contribution is -2.41. The normalized spacial score (nSPS) is 12.6. The molecule has 0 radical (unpaired) electrons. The first kappa shape index (κ1) is 18.3. The summed E-state index contributed by atoms with van der Waals surface area (Å²) in [5.41, 5.74) is 0.221. The zero-order chi connectivity index (χ0) is 16.8. The molecule has 1 atom stereocenters. The Morgan fingerprint density at radius 2 is 2.14 bits per heavy atom. The Kier molecular flexibility index (Phi) is 6.73. The molecule has 0 fully saturated rings. The molecule has 1 aromatic heterocycles. The monoisotopic (exact) mass is 331 g/mol. The number of carbonyl (C=O) groups is 2. The van der Waals surface area contributed by atoms with Crippen molar-refractivity contribution in [3.05, 3.63) is 16.1 Å². The number of amides is 2. The van der Waals surface area contributed by atoms with Gasteiger partial charge in [-0.05, 0) is 27.2 Å². The lowest BCUT2D eigenvalue weighted by molar-refractivity contribution is -0.121. The van der Waals surface area contributed by atoms with Crippen molar-refractivity contribution in [2.75, 3.05) is 13.2 Å². The number of hydrogen-bond donors (Lipinski definition) is 2. The first-order chi connectivity index (χ1) is 10.2. The number of aryl methyl sites for hydroxylation is 1. The van der Waals surface area contributed by atoms with E-state index in [0.717, 1.165) is 12.1 Å². The Morgan fingerprint density at radius 1 is 1.45 bits per heavy atom. The van der Waals surface area contributed by atoms with Crippen molar-refractivity contribution in [3.63, 3.8) is 0 Å². The number of rotatable bonds is 6. The van der Waals surface area contributed by atoms with Crippen molar-refractivity contribution >= 4 is 23.3 Å². The van der Waals surface area contributed by atoms with Crippen LogP contribution in [-0.2, 0) is 16.0 Å². The van der Waals surface area contributed by atoms with Gasteiger partial charge in [-0.2, -0.15) is 0 Å². The van der Waals surface area contributed by atoms with E-state index in [1.54, 1.807) is 20.8 Å². The highest BCUT2D eigenvalue weighted by atomic mass is 32.1. The van der Waals surface area contributed by atoms with Gasteiger partial charge < -0.3 is 15.4 Å². The van der Waals surface area contributed by atoms with Crippen LogP contribution in [-0.4, -0.2) is 35.8 Å². The Morgan fingerprint density at radius 3 is 2.64 bits per heavy atom. The first-order valence-electron chi connectivity index (χ1n) is 7.01. The second-order valence-corrected chi connectivity index (χ2v) is 6.55. The summed E-state index contributed by atoms with van der Waals surface area (Å²) in [5, 5.41) is 7.18. The molecule has 2 N–H and O–H groups in total. The van der Waals surface area contributed by atoms with Crippen LogP contribution in [0.3, 0.4) is 0 Å². The number of alkyl carbamates (subject to hydrolysis) is 1.